The number of hydrogen-bond acceptors (Lipinski definition) is 8. The summed E-state index contributed by atoms with van der Waals surface area (Å²) >= 11 is 6.30. The number of nitrogens with one attached hydrogen (secondary N) is 1. The number of halogens is 1. The van der Waals surface area contributed by atoms with Crippen LogP contribution in [0.3, 0.4) is 0 Å². The highest BCUT2D eigenvalue weighted by atomic mass is 35.5. The topological polar surface area (TPSA) is 116 Å². The van der Waals surface area contributed by atoms with Gasteiger partial charge in [-0.15, -0.1) is 0 Å². The van der Waals surface area contributed by atoms with Crippen molar-refractivity contribution in [3.8, 4) is 5.75 Å². The third kappa shape index (κ3) is 3.93. The highest BCUT2D eigenvalue weighted by molar-refractivity contribution is 6.23. The molecule has 2 aliphatic heterocycles. The maximum absolute atomic E-state index is 12.9. The van der Waals surface area contributed by atoms with Gasteiger partial charge in [0, 0.05) is 19.4 Å². The number of carbonyl (C=O) groups is 2. The number of aryl methyl sites for hydroxylation is 1. The van der Waals surface area contributed by atoms with Gasteiger partial charge in [0.05, 0.1) is 25.5 Å². The Morgan fingerprint density at radius 3 is 2.93 bits per heavy atom. The Morgan fingerprint density at radius 1 is 1.33 bits per heavy atom. The predicted molar refractivity (Wildman–Crippen MR) is 105 cm³/mol. The highest BCUT2D eigenvalue weighted by Gasteiger charge is 2.38. The Kier molecular flexibility index (Phi) is 5.80. The number of aromatic nitrogens is 3. The molecule has 0 saturated carbocycles. The zero-order valence-electron chi connectivity index (χ0n) is 16.4. The normalized spacial score (nSPS) is 23.9. The summed E-state index contributed by atoms with van der Waals surface area (Å²) in [6.45, 7) is 3.12. The Morgan fingerprint density at radius 2 is 2.17 bits per heavy atom. The van der Waals surface area contributed by atoms with Gasteiger partial charge in [0.1, 0.15) is 6.10 Å². The molecule has 30 heavy (non-hydrogen) atoms. The van der Waals surface area contributed by atoms with E-state index in [1.807, 2.05) is 6.92 Å². The number of ether oxygens (including phenoxy) is 3. The molecule has 3 atom stereocenters. The SMILES string of the molecule is Cc1cnc(C(=O)NC2C(=O)N(C)c3ncccc3O[C@H]2Cl)nc1C1COCCO1. The lowest BCUT2D eigenvalue weighted by atomic mass is 10.1. The Bertz CT molecular complexity index is 968. The second-order valence-corrected chi connectivity index (χ2v) is 7.27. The molecule has 1 saturated heterocycles. The number of carbonyl (C=O) groups excluding carboxylic acids is 2. The molecule has 1 fully saturated rings. The molecule has 0 radical (unpaired) electrons. The molecule has 2 aromatic heterocycles. The van der Waals surface area contributed by atoms with Crippen molar-refractivity contribution in [1.29, 1.82) is 0 Å². The van der Waals surface area contributed by atoms with Gasteiger partial charge in [-0.25, -0.2) is 15.0 Å². The molecule has 2 amide bonds. The summed E-state index contributed by atoms with van der Waals surface area (Å²) in [6.07, 6.45) is 2.68. The Labute approximate surface area is 177 Å². The minimum Gasteiger partial charge on any atom is -0.468 e. The standard InChI is InChI=1S/C19H20ClN5O5/c1-10-8-22-16(23-13(10)12-9-28-6-7-29-12)18(26)24-14-15(20)30-11-4-3-5-21-17(11)25(2)19(14)27/h3-5,8,12,14-15H,6-7,9H2,1-2H3,(H,24,26)/t12?,14?,15-/m1/s1. The van der Waals surface area contributed by atoms with Crippen LogP contribution in [-0.2, 0) is 14.3 Å². The molecule has 11 heteroatoms. The summed E-state index contributed by atoms with van der Waals surface area (Å²) in [6, 6.07) is 2.15. The third-order valence-corrected chi connectivity index (χ3v) is 5.13. The van der Waals surface area contributed by atoms with E-state index in [0.717, 1.165) is 5.56 Å². The van der Waals surface area contributed by atoms with Crippen LogP contribution < -0.4 is 15.0 Å². The first-order valence-corrected chi connectivity index (χ1v) is 9.76. The Balaban J connectivity index is 1.55. The second-order valence-electron chi connectivity index (χ2n) is 6.84. The average Bonchev–Trinajstić information content (AvgIpc) is 2.85. The lowest BCUT2D eigenvalue weighted by Gasteiger charge is -2.24. The molecule has 158 valence electrons. The van der Waals surface area contributed by atoms with Gasteiger partial charge in [0.25, 0.3) is 11.8 Å². The number of nitrogens with zero attached hydrogens (tertiary/aromatic N) is 4. The van der Waals surface area contributed by atoms with Crippen LogP contribution in [0, 0.1) is 6.92 Å². The number of hydrogen-bond donors (Lipinski definition) is 1. The smallest absolute Gasteiger partial charge is 0.289 e. The van der Waals surface area contributed by atoms with E-state index in [2.05, 4.69) is 20.3 Å². The number of anilines is 1. The van der Waals surface area contributed by atoms with Crippen molar-refractivity contribution in [1.82, 2.24) is 20.3 Å². The molecule has 4 rings (SSSR count). The molecule has 2 aromatic rings. The van der Waals surface area contributed by atoms with Crippen LogP contribution in [0.15, 0.2) is 24.5 Å². The summed E-state index contributed by atoms with van der Waals surface area (Å²) < 4.78 is 16.7. The minimum absolute atomic E-state index is 0.107. The van der Waals surface area contributed by atoms with Gasteiger partial charge in [-0.2, -0.15) is 0 Å². The number of pyridine rings is 1. The van der Waals surface area contributed by atoms with Crippen LogP contribution in [0.25, 0.3) is 0 Å². The predicted octanol–water partition coefficient (Wildman–Crippen LogP) is 0.987. The lowest BCUT2D eigenvalue weighted by Crippen LogP contribution is -2.52. The molecule has 4 heterocycles. The molecule has 1 N–H and O–H groups in total. The maximum Gasteiger partial charge on any atom is 0.289 e. The van der Waals surface area contributed by atoms with Crippen LogP contribution in [0.5, 0.6) is 5.75 Å². The molecule has 0 bridgehead atoms. The summed E-state index contributed by atoms with van der Waals surface area (Å²) in [7, 11) is 1.53. The van der Waals surface area contributed by atoms with Gasteiger partial charge < -0.3 is 19.5 Å². The summed E-state index contributed by atoms with van der Waals surface area (Å²) in [4.78, 5) is 39.6. The first-order chi connectivity index (χ1) is 14.5. The fourth-order valence-electron chi connectivity index (χ4n) is 3.21. The molecular weight excluding hydrogens is 414 g/mol. The van der Waals surface area contributed by atoms with E-state index in [1.165, 1.54) is 24.3 Å². The van der Waals surface area contributed by atoms with Crippen LogP contribution in [0.1, 0.15) is 28.0 Å². The minimum atomic E-state index is -1.17. The van der Waals surface area contributed by atoms with Crippen LogP contribution in [-0.4, -0.2) is 65.2 Å². The van der Waals surface area contributed by atoms with Gasteiger partial charge in [-0.3, -0.25) is 14.5 Å². The van der Waals surface area contributed by atoms with Gasteiger partial charge in [0.15, 0.2) is 17.6 Å². The van der Waals surface area contributed by atoms with E-state index in [9.17, 15) is 9.59 Å². The van der Waals surface area contributed by atoms with Crippen molar-refractivity contribution >= 4 is 29.2 Å². The number of alkyl halides is 1. The third-order valence-electron chi connectivity index (χ3n) is 4.79. The van der Waals surface area contributed by atoms with E-state index in [1.54, 1.807) is 12.1 Å². The molecule has 0 spiro atoms. The highest BCUT2D eigenvalue weighted by Crippen LogP contribution is 2.31. The van der Waals surface area contributed by atoms with Gasteiger partial charge in [-0.1, -0.05) is 11.6 Å². The zero-order valence-corrected chi connectivity index (χ0v) is 17.1. The molecule has 0 aromatic carbocycles. The zero-order chi connectivity index (χ0) is 21.3. The monoisotopic (exact) mass is 433 g/mol. The number of amides is 2. The summed E-state index contributed by atoms with van der Waals surface area (Å²) in [5.74, 6) is -0.587. The Hall–Kier alpha value is -2.82. The number of rotatable bonds is 3. The van der Waals surface area contributed by atoms with Crippen molar-refractivity contribution in [2.45, 2.75) is 24.6 Å². The van der Waals surface area contributed by atoms with Gasteiger partial charge in [0.2, 0.25) is 11.4 Å². The maximum atomic E-state index is 12.9. The van der Waals surface area contributed by atoms with Crippen LogP contribution in [0.2, 0.25) is 0 Å². The van der Waals surface area contributed by atoms with Crippen molar-refractivity contribution in [3.63, 3.8) is 0 Å². The fourth-order valence-corrected chi connectivity index (χ4v) is 3.48. The first-order valence-electron chi connectivity index (χ1n) is 9.32. The largest absolute Gasteiger partial charge is 0.468 e. The van der Waals surface area contributed by atoms with Crippen molar-refractivity contribution < 1.29 is 23.8 Å². The molecule has 10 nitrogen and oxygen atoms in total. The summed E-state index contributed by atoms with van der Waals surface area (Å²) in [5, 5.41) is 2.58. The van der Waals surface area contributed by atoms with E-state index in [-0.39, 0.29) is 11.9 Å². The van der Waals surface area contributed by atoms with E-state index in [0.29, 0.717) is 37.1 Å². The average molecular weight is 434 g/mol. The lowest BCUT2D eigenvalue weighted by molar-refractivity contribution is -0.120. The fraction of sp³-hybridized carbons (Fsp3) is 0.421. The van der Waals surface area contributed by atoms with E-state index < -0.39 is 23.4 Å². The van der Waals surface area contributed by atoms with Crippen LogP contribution in [0.4, 0.5) is 5.82 Å². The molecule has 2 aliphatic rings. The molecule has 2 unspecified atom stereocenters. The van der Waals surface area contributed by atoms with Crippen molar-refractivity contribution in [2.75, 3.05) is 31.8 Å². The number of fused-ring (bicyclic) bond motifs is 1. The second kappa shape index (κ2) is 8.50. The summed E-state index contributed by atoms with van der Waals surface area (Å²) in [5.41, 5.74) is 0.191. The first kappa shape index (κ1) is 20.5. The van der Waals surface area contributed by atoms with Gasteiger partial charge in [-0.05, 0) is 24.6 Å². The number of likely N-dealkylation sites (N-methyl/N-ethyl adjacent to an activating group) is 1. The van der Waals surface area contributed by atoms with E-state index in [4.69, 9.17) is 25.8 Å². The van der Waals surface area contributed by atoms with E-state index >= 15 is 0 Å². The van der Waals surface area contributed by atoms with Gasteiger partial charge >= 0.3 is 0 Å². The van der Waals surface area contributed by atoms with Crippen LogP contribution >= 0.6 is 11.6 Å². The molecular formula is C19H20ClN5O5. The molecule has 0 aliphatic carbocycles. The van der Waals surface area contributed by atoms with Crippen molar-refractivity contribution in [2.24, 2.45) is 0 Å². The van der Waals surface area contributed by atoms with Crippen molar-refractivity contribution in [3.05, 3.63) is 41.6 Å². The quantitative estimate of drug-likeness (QED) is 0.712.